The number of aryl methyl sites for hydroxylation is 1. The summed E-state index contributed by atoms with van der Waals surface area (Å²) in [4.78, 5) is 20.1. The fraction of sp³-hybridized carbons (Fsp3) is 0.533. The molecule has 1 aromatic heterocycles. The molecule has 2 bridgehead atoms. The van der Waals surface area contributed by atoms with Crippen molar-refractivity contribution in [3.8, 4) is 5.75 Å². The van der Waals surface area contributed by atoms with Crippen LogP contribution in [0.3, 0.4) is 0 Å². The number of allylic oxidation sites excluding steroid dienone is 1. The van der Waals surface area contributed by atoms with Crippen molar-refractivity contribution in [2.24, 2.45) is 22.1 Å². The number of rotatable bonds is 1. The predicted molar refractivity (Wildman–Crippen MR) is 155 cm³/mol. The highest BCUT2D eigenvalue weighted by atomic mass is 35.5. The highest BCUT2D eigenvalue weighted by molar-refractivity contribution is 7.75. The molecule has 2 aromatic rings. The average Bonchev–Trinajstić information content (AvgIpc) is 2.92. The average molecular weight is 571 g/mol. The number of nitrogens with zero attached hydrogens (tertiary/aromatic N) is 3. The van der Waals surface area contributed by atoms with Crippen molar-refractivity contribution in [3.05, 3.63) is 64.3 Å². The lowest BCUT2D eigenvalue weighted by Crippen LogP contribution is -2.43. The highest BCUT2D eigenvalue weighted by Crippen LogP contribution is 2.41. The van der Waals surface area contributed by atoms with Gasteiger partial charge in [-0.25, -0.2) is 4.98 Å². The summed E-state index contributed by atoms with van der Waals surface area (Å²) in [6, 6.07) is 9.55. The number of carbonyl (C=O) groups is 1. The van der Waals surface area contributed by atoms with E-state index < -0.39 is 16.5 Å². The minimum atomic E-state index is -1.63. The van der Waals surface area contributed by atoms with Crippen molar-refractivity contribution in [2.45, 2.75) is 58.1 Å². The second kappa shape index (κ2) is 12.8. The van der Waals surface area contributed by atoms with E-state index in [-0.39, 0.29) is 17.7 Å². The first-order chi connectivity index (χ1) is 18.9. The van der Waals surface area contributed by atoms with E-state index in [2.05, 4.69) is 33.5 Å². The number of methoxy groups -OCH3 is 1. The molecule has 0 unspecified atom stereocenters. The predicted octanol–water partition coefficient (Wildman–Crippen LogP) is 6.38. The Morgan fingerprint density at radius 2 is 2.03 bits per heavy atom. The van der Waals surface area contributed by atoms with Crippen molar-refractivity contribution in [1.29, 1.82) is 0 Å². The molecule has 0 radical (unpaired) electrons. The maximum Gasteiger partial charge on any atom is 0.272 e. The van der Waals surface area contributed by atoms with Crippen molar-refractivity contribution in [1.82, 2.24) is 4.98 Å². The number of pyridine rings is 1. The van der Waals surface area contributed by atoms with Gasteiger partial charge in [-0.1, -0.05) is 48.4 Å². The molecular formula is C30H37ClN3O4S-. The number of ether oxygens (including phenoxy) is 2. The molecule has 0 spiro atoms. The van der Waals surface area contributed by atoms with Gasteiger partial charge in [-0.2, -0.15) is 10.6 Å². The molecule has 3 heterocycles. The maximum atomic E-state index is 13.1. The highest BCUT2D eigenvalue weighted by Gasteiger charge is 2.38. The van der Waals surface area contributed by atoms with Gasteiger partial charge in [0.05, 0.1) is 12.7 Å². The molecule has 4 atom stereocenters. The summed E-state index contributed by atoms with van der Waals surface area (Å²) < 4.78 is 28.9. The van der Waals surface area contributed by atoms with E-state index in [0.29, 0.717) is 42.3 Å². The van der Waals surface area contributed by atoms with Gasteiger partial charge in [0.2, 0.25) is 0 Å². The fourth-order valence-electron chi connectivity index (χ4n) is 5.77. The molecule has 3 aliphatic rings. The molecule has 1 aliphatic carbocycles. The molecule has 39 heavy (non-hydrogen) atoms. The molecule has 7 nitrogen and oxygen atoms in total. The zero-order valence-electron chi connectivity index (χ0n) is 22.7. The van der Waals surface area contributed by atoms with Crippen LogP contribution in [0.1, 0.15) is 60.6 Å². The van der Waals surface area contributed by atoms with Crippen LogP contribution in [-0.4, -0.2) is 43.0 Å². The SMILES string of the molecule is CO[C@H]1/C=C/C[C@H](C)C[S-](=O)=NC(=O)c2ccc3c(n2)N(Cc2ccc(Cl)cc2CCCCO3)C[C@@H]2CC[C@H]21. The topological polar surface area (TPSA) is 81.1 Å². The van der Waals surface area contributed by atoms with Crippen LogP contribution in [-0.2, 0) is 32.5 Å². The number of anilines is 1. The van der Waals surface area contributed by atoms with Gasteiger partial charge in [-0.3, -0.25) is 4.79 Å². The van der Waals surface area contributed by atoms with Crippen molar-refractivity contribution in [3.63, 3.8) is 0 Å². The number of hydrogen-bond donors (Lipinski definition) is 0. The lowest BCUT2D eigenvalue weighted by Gasteiger charge is -2.43. The van der Waals surface area contributed by atoms with Crippen molar-refractivity contribution < 1.29 is 18.5 Å². The van der Waals surface area contributed by atoms with Gasteiger partial charge in [0, 0.05) is 25.2 Å². The second-order valence-electron chi connectivity index (χ2n) is 11.0. The minimum absolute atomic E-state index is 0.0191. The number of carbonyl (C=O) groups excluding carboxylic acids is 1. The summed E-state index contributed by atoms with van der Waals surface area (Å²) in [6.45, 7) is 3.95. The first-order valence-electron chi connectivity index (χ1n) is 13.9. The minimum Gasteiger partial charge on any atom is -0.490 e. The Labute approximate surface area is 238 Å². The van der Waals surface area contributed by atoms with Crippen molar-refractivity contribution in [2.75, 3.05) is 30.9 Å². The summed E-state index contributed by atoms with van der Waals surface area (Å²) in [6.07, 6.45) is 10.1. The molecule has 210 valence electrons. The molecule has 1 amide bonds. The van der Waals surface area contributed by atoms with E-state index >= 15 is 0 Å². The molecule has 1 saturated carbocycles. The third-order valence-corrected chi connectivity index (χ3v) is 9.55. The number of benzene rings is 1. The number of hydrogen-bond acceptors (Lipinski definition) is 7. The third kappa shape index (κ3) is 6.84. The van der Waals surface area contributed by atoms with E-state index in [9.17, 15) is 9.00 Å². The Kier molecular flexibility index (Phi) is 9.25. The number of aromatic nitrogens is 1. The summed E-state index contributed by atoms with van der Waals surface area (Å²) in [7, 11) is 0.145. The molecule has 1 aromatic carbocycles. The zero-order chi connectivity index (χ0) is 27.4. The molecule has 0 saturated heterocycles. The third-order valence-electron chi connectivity index (χ3n) is 8.09. The lowest BCUT2D eigenvalue weighted by molar-refractivity contribution is 0.0133. The number of fused-ring (bicyclic) bond motifs is 3. The molecular weight excluding hydrogens is 534 g/mol. The summed E-state index contributed by atoms with van der Waals surface area (Å²) >= 11 is 6.39. The summed E-state index contributed by atoms with van der Waals surface area (Å²) in [5.74, 6) is 1.94. The second-order valence-corrected chi connectivity index (χ2v) is 12.6. The smallest absolute Gasteiger partial charge is 0.272 e. The van der Waals surface area contributed by atoms with E-state index in [1.807, 2.05) is 19.1 Å². The molecule has 1 fully saturated rings. The van der Waals surface area contributed by atoms with Gasteiger partial charge in [0.25, 0.3) is 5.91 Å². The quantitative estimate of drug-likeness (QED) is 0.292. The molecule has 5 rings (SSSR count). The number of amides is 1. The van der Waals surface area contributed by atoms with Crippen LogP contribution < -0.4 is 9.64 Å². The lowest BCUT2D eigenvalue weighted by atomic mass is 9.70. The van der Waals surface area contributed by atoms with Gasteiger partial charge in [-0.05, 0) is 85.8 Å². The molecule has 9 heteroatoms. The maximum absolute atomic E-state index is 13.1. The van der Waals surface area contributed by atoms with Crippen LogP contribution in [0.4, 0.5) is 5.82 Å². The van der Waals surface area contributed by atoms with Gasteiger partial charge in [0.15, 0.2) is 11.6 Å². The molecule has 2 aliphatic heterocycles. The Balaban J connectivity index is 1.60. The Hall–Kier alpha value is -2.42. The van der Waals surface area contributed by atoms with Crippen LogP contribution in [0.5, 0.6) is 5.75 Å². The van der Waals surface area contributed by atoms with Crippen LogP contribution in [0.25, 0.3) is 0 Å². The van der Waals surface area contributed by atoms with Crippen LogP contribution in [0, 0.1) is 17.8 Å². The standard InChI is InChI=1S/C30H37ClN3O4S/c1-20-6-5-8-27(37-2)25-12-10-23(25)18-34-17-22-9-11-24(31)16-21(22)7-3-4-15-38-28-14-13-26(32-29(28)34)30(35)33-39(36)19-20/h5,8-9,11,13-14,16,20,23,25,27H,3-4,6-7,10,12,15,17-19H2,1-2H3/q-1/b8-5+/t20-,23-,25+,27-/m0/s1. The van der Waals surface area contributed by atoms with Crippen LogP contribution in [0.2, 0.25) is 5.02 Å². The Morgan fingerprint density at radius 1 is 1.15 bits per heavy atom. The van der Waals surface area contributed by atoms with Crippen LogP contribution in [0.15, 0.2) is 46.8 Å². The first-order valence-corrected chi connectivity index (χ1v) is 15.6. The first kappa shape index (κ1) is 28.1. The van der Waals surface area contributed by atoms with Gasteiger partial charge >= 0.3 is 0 Å². The number of halogens is 1. The van der Waals surface area contributed by atoms with E-state index in [4.69, 9.17) is 26.1 Å². The van der Waals surface area contributed by atoms with Gasteiger partial charge < -0.3 is 22.9 Å². The van der Waals surface area contributed by atoms with Crippen LogP contribution >= 0.6 is 11.6 Å². The molecule has 0 N–H and O–H groups in total. The normalized spacial score (nSPS) is 27.6. The summed E-state index contributed by atoms with van der Waals surface area (Å²) in [5, 5.41) is 0.733. The monoisotopic (exact) mass is 570 g/mol. The van der Waals surface area contributed by atoms with Gasteiger partial charge in [-0.15, -0.1) is 0 Å². The van der Waals surface area contributed by atoms with Gasteiger partial charge in [0.1, 0.15) is 5.69 Å². The summed E-state index contributed by atoms with van der Waals surface area (Å²) in [5.41, 5.74) is 2.60. The van der Waals surface area contributed by atoms with Crippen molar-refractivity contribution >= 4 is 33.9 Å². The Morgan fingerprint density at radius 3 is 2.82 bits per heavy atom. The Bertz CT molecular complexity index is 1310. The zero-order valence-corrected chi connectivity index (χ0v) is 24.3. The van der Waals surface area contributed by atoms with E-state index in [1.54, 1.807) is 13.2 Å². The largest absolute Gasteiger partial charge is 0.490 e. The fourth-order valence-corrected chi connectivity index (χ4v) is 6.94. The van der Waals surface area contributed by atoms with E-state index in [0.717, 1.165) is 50.1 Å². The van der Waals surface area contributed by atoms with E-state index in [1.165, 1.54) is 11.1 Å².